The molecule has 8 nitrogen and oxygen atoms in total. The molecule has 0 aliphatic carbocycles. The maximum Gasteiger partial charge on any atom is 0.321 e. The Bertz CT molecular complexity index is 916. The lowest BCUT2D eigenvalue weighted by Crippen LogP contribution is -2.30. The Labute approximate surface area is 153 Å². The van der Waals surface area contributed by atoms with Gasteiger partial charge >= 0.3 is 6.03 Å². The van der Waals surface area contributed by atoms with Crippen LogP contribution in [0, 0.1) is 0 Å². The second-order valence-corrected chi connectivity index (χ2v) is 6.42. The van der Waals surface area contributed by atoms with Gasteiger partial charge in [-0.05, 0) is 36.2 Å². The van der Waals surface area contributed by atoms with Gasteiger partial charge in [0, 0.05) is 12.7 Å². The highest BCUT2D eigenvalue weighted by Gasteiger charge is 2.13. The summed E-state index contributed by atoms with van der Waals surface area (Å²) in [6, 6.07) is 11.0. The van der Waals surface area contributed by atoms with Crippen LogP contribution in [0.3, 0.4) is 0 Å². The number of fused-ring (bicyclic) bond motifs is 1. The van der Waals surface area contributed by atoms with Gasteiger partial charge in [0.15, 0.2) is 16.5 Å². The van der Waals surface area contributed by atoms with Crippen molar-refractivity contribution >= 4 is 22.5 Å². The number of ether oxygens (including phenoxy) is 2. The number of benzene rings is 1. The number of pyridine rings is 1. The third-order valence-corrected chi connectivity index (χ3v) is 4.53. The summed E-state index contributed by atoms with van der Waals surface area (Å²) in [6.07, 6.45) is 2.37. The van der Waals surface area contributed by atoms with Crippen LogP contribution < -0.4 is 20.1 Å². The van der Waals surface area contributed by atoms with Gasteiger partial charge < -0.3 is 14.8 Å². The van der Waals surface area contributed by atoms with Crippen molar-refractivity contribution in [3.05, 3.63) is 48.2 Å². The molecule has 3 aromatic rings. The molecule has 0 saturated carbocycles. The van der Waals surface area contributed by atoms with Gasteiger partial charge in [0.25, 0.3) is 0 Å². The lowest BCUT2D eigenvalue weighted by Gasteiger charge is -2.06. The van der Waals surface area contributed by atoms with Crippen LogP contribution in [0.1, 0.15) is 5.56 Å². The monoisotopic (exact) mass is 369 g/mol. The molecule has 4 rings (SSSR count). The van der Waals surface area contributed by atoms with Gasteiger partial charge in [0.1, 0.15) is 5.69 Å². The van der Waals surface area contributed by atoms with Gasteiger partial charge in [-0.25, -0.2) is 4.79 Å². The summed E-state index contributed by atoms with van der Waals surface area (Å²) in [7, 11) is 0. The van der Waals surface area contributed by atoms with Crippen LogP contribution in [0.25, 0.3) is 10.7 Å². The van der Waals surface area contributed by atoms with Crippen molar-refractivity contribution in [2.45, 2.75) is 6.42 Å². The highest BCUT2D eigenvalue weighted by atomic mass is 32.1. The molecule has 2 N–H and O–H groups in total. The molecule has 0 radical (unpaired) electrons. The van der Waals surface area contributed by atoms with Crippen molar-refractivity contribution in [1.82, 2.24) is 20.5 Å². The smallest absolute Gasteiger partial charge is 0.321 e. The van der Waals surface area contributed by atoms with Crippen molar-refractivity contribution in [3.63, 3.8) is 0 Å². The van der Waals surface area contributed by atoms with E-state index in [2.05, 4.69) is 25.8 Å². The average molecular weight is 369 g/mol. The topological polar surface area (TPSA) is 98.3 Å². The molecule has 0 unspecified atom stereocenters. The average Bonchev–Trinajstić information content (AvgIpc) is 3.31. The molecule has 0 fully saturated rings. The van der Waals surface area contributed by atoms with E-state index in [1.165, 1.54) is 11.3 Å². The third kappa shape index (κ3) is 3.72. The van der Waals surface area contributed by atoms with E-state index in [9.17, 15) is 4.79 Å². The maximum atomic E-state index is 12.0. The van der Waals surface area contributed by atoms with Crippen LogP contribution >= 0.6 is 11.3 Å². The van der Waals surface area contributed by atoms with Gasteiger partial charge in [-0.1, -0.05) is 23.5 Å². The van der Waals surface area contributed by atoms with Crippen molar-refractivity contribution in [2.75, 3.05) is 18.7 Å². The molecule has 1 aromatic carbocycles. The zero-order valence-corrected chi connectivity index (χ0v) is 14.5. The van der Waals surface area contributed by atoms with E-state index in [4.69, 9.17) is 9.47 Å². The minimum Gasteiger partial charge on any atom is -0.454 e. The largest absolute Gasteiger partial charge is 0.454 e. The first-order valence-electron chi connectivity index (χ1n) is 7.96. The van der Waals surface area contributed by atoms with E-state index in [0.29, 0.717) is 23.1 Å². The van der Waals surface area contributed by atoms with Crippen LogP contribution in [0.4, 0.5) is 9.93 Å². The molecule has 9 heteroatoms. The van der Waals surface area contributed by atoms with Crippen molar-refractivity contribution in [3.8, 4) is 22.2 Å². The Morgan fingerprint density at radius 1 is 1.15 bits per heavy atom. The Balaban J connectivity index is 1.27. The molecule has 2 aromatic heterocycles. The Kier molecular flexibility index (Phi) is 4.61. The second kappa shape index (κ2) is 7.36. The lowest BCUT2D eigenvalue weighted by atomic mass is 10.1. The van der Waals surface area contributed by atoms with Crippen LogP contribution in [0.2, 0.25) is 0 Å². The van der Waals surface area contributed by atoms with Crippen molar-refractivity contribution in [1.29, 1.82) is 0 Å². The molecule has 26 heavy (non-hydrogen) atoms. The number of nitrogens with zero attached hydrogens (tertiary/aromatic N) is 3. The number of amides is 2. The van der Waals surface area contributed by atoms with Crippen LogP contribution in [-0.4, -0.2) is 34.6 Å². The molecule has 3 heterocycles. The summed E-state index contributed by atoms with van der Waals surface area (Å²) in [5.74, 6) is 1.49. The van der Waals surface area contributed by atoms with Crippen molar-refractivity contribution in [2.24, 2.45) is 0 Å². The molecule has 0 saturated heterocycles. The molecular formula is C17H15N5O3S. The number of nitrogens with one attached hydrogen (secondary N) is 2. The summed E-state index contributed by atoms with van der Waals surface area (Å²) >= 11 is 1.27. The van der Waals surface area contributed by atoms with Gasteiger partial charge in [-0.15, -0.1) is 10.2 Å². The van der Waals surface area contributed by atoms with E-state index in [-0.39, 0.29) is 12.8 Å². The number of hydrogen-bond acceptors (Lipinski definition) is 7. The van der Waals surface area contributed by atoms with Gasteiger partial charge in [0.05, 0.1) is 0 Å². The Hall–Kier alpha value is -3.20. The number of urea groups is 1. The molecule has 0 bridgehead atoms. The summed E-state index contributed by atoms with van der Waals surface area (Å²) in [4.78, 5) is 16.2. The standard InChI is InChI=1S/C17H15N5O3S/c23-16(19-8-6-11-4-5-13-14(9-11)25-10-24-13)20-17-22-21-15(26-17)12-3-1-2-7-18-12/h1-5,7,9H,6,8,10H2,(H2,19,20,22,23). The normalized spacial score (nSPS) is 12.0. The number of rotatable bonds is 5. The molecule has 132 valence electrons. The van der Waals surface area contributed by atoms with Crippen LogP contribution in [0.15, 0.2) is 42.6 Å². The predicted octanol–water partition coefficient (Wildman–Crippen LogP) is 2.69. The Morgan fingerprint density at radius 2 is 2.08 bits per heavy atom. The molecule has 0 spiro atoms. The second-order valence-electron chi connectivity index (χ2n) is 5.45. The first kappa shape index (κ1) is 16.3. The first-order valence-corrected chi connectivity index (χ1v) is 8.78. The van der Waals surface area contributed by atoms with Crippen LogP contribution in [-0.2, 0) is 6.42 Å². The maximum absolute atomic E-state index is 12.0. The first-order chi connectivity index (χ1) is 12.8. The minimum atomic E-state index is -0.325. The zero-order chi connectivity index (χ0) is 17.8. The highest BCUT2D eigenvalue weighted by Crippen LogP contribution is 2.32. The van der Waals surface area contributed by atoms with Crippen LogP contribution in [0.5, 0.6) is 11.5 Å². The van der Waals surface area contributed by atoms with Crippen molar-refractivity contribution < 1.29 is 14.3 Å². The fourth-order valence-electron chi connectivity index (χ4n) is 2.42. The highest BCUT2D eigenvalue weighted by molar-refractivity contribution is 7.18. The number of hydrogen-bond donors (Lipinski definition) is 2. The van der Waals surface area contributed by atoms with Gasteiger partial charge in [-0.3, -0.25) is 10.3 Å². The van der Waals surface area contributed by atoms with E-state index >= 15 is 0 Å². The minimum absolute atomic E-state index is 0.252. The predicted molar refractivity (Wildman–Crippen MR) is 96.4 cm³/mol. The van der Waals surface area contributed by atoms with E-state index in [1.54, 1.807) is 6.20 Å². The fraction of sp³-hybridized carbons (Fsp3) is 0.176. The van der Waals surface area contributed by atoms with Gasteiger partial charge in [0.2, 0.25) is 11.9 Å². The fourth-order valence-corrected chi connectivity index (χ4v) is 3.14. The van der Waals surface area contributed by atoms with E-state index in [0.717, 1.165) is 22.8 Å². The Morgan fingerprint density at radius 3 is 2.96 bits per heavy atom. The molecule has 2 amide bonds. The number of aromatic nitrogens is 3. The summed E-state index contributed by atoms with van der Waals surface area (Å²) in [5, 5.41) is 14.6. The summed E-state index contributed by atoms with van der Waals surface area (Å²) < 4.78 is 10.6. The quantitative estimate of drug-likeness (QED) is 0.717. The number of carbonyl (C=O) groups is 1. The molecule has 1 aliphatic heterocycles. The van der Waals surface area contributed by atoms with Gasteiger partial charge in [-0.2, -0.15) is 0 Å². The number of carbonyl (C=O) groups excluding carboxylic acids is 1. The molecule has 0 atom stereocenters. The summed E-state index contributed by atoms with van der Waals surface area (Å²) in [6.45, 7) is 0.735. The zero-order valence-electron chi connectivity index (χ0n) is 13.6. The summed E-state index contributed by atoms with van der Waals surface area (Å²) in [5.41, 5.74) is 1.78. The number of anilines is 1. The van der Waals surface area contributed by atoms with E-state index < -0.39 is 0 Å². The molecule has 1 aliphatic rings. The SMILES string of the molecule is O=C(NCCc1ccc2c(c1)OCO2)Nc1nnc(-c2ccccn2)s1. The lowest BCUT2D eigenvalue weighted by molar-refractivity contribution is 0.174. The molecular weight excluding hydrogens is 354 g/mol. The third-order valence-electron chi connectivity index (χ3n) is 3.67. The van der Waals surface area contributed by atoms with E-state index in [1.807, 2.05) is 36.4 Å².